The summed E-state index contributed by atoms with van der Waals surface area (Å²) in [4.78, 5) is 45.7. The number of urea groups is 1. The van der Waals surface area contributed by atoms with Gasteiger partial charge in [0.15, 0.2) is 6.61 Å². The van der Waals surface area contributed by atoms with Gasteiger partial charge in [0.25, 0.3) is 11.6 Å². The van der Waals surface area contributed by atoms with Crippen LogP contribution >= 0.6 is 0 Å². The third-order valence-corrected chi connectivity index (χ3v) is 3.92. The highest BCUT2D eigenvalue weighted by molar-refractivity contribution is 5.98. The zero-order valence-corrected chi connectivity index (χ0v) is 13.7. The molecule has 0 bridgehead atoms. The highest BCUT2D eigenvalue weighted by Gasteiger charge is 2.24. The molecule has 0 spiro atoms. The van der Waals surface area contributed by atoms with Gasteiger partial charge < -0.3 is 10.1 Å². The Morgan fingerprint density at radius 1 is 1.28 bits per heavy atom. The number of benzene rings is 1. The SMILES string of the molecule is Cc1cccc(C(=O)OCC(=O)NC(=O)NC2CCCC2)c1[N+](=O)[O-]. The molecule has 0 saturated heterocycles. The Hall–Kier alpha value is -2.97. The van der Waals surface area contributed by atoms with Crippen LogP contribution in [0, 0.1) is 17.0 Å². The molecule has 0 aliphatic heterocycles. The van der Waals surface area contributed by atoms with Crippen molar-refractivity contribution in [2.75, 3.05) is 6.61 Å². The van der Waals surface area contributed by atoms with E-state index in [1.165, 1.54) is 25.1 Å². The van der Waals surface area contributed by atoms with Crippen molar-refractivity contribution in [3.05, 3.63) is 39.4 Å². The molecule has 2 N–H and O–H groups in total. The van der Waals surface area contributed by atoms with Crippen molar-refractivity contribution in [1.29, 1.82) is 0 Å². The van der Waals surface area contributed by atoms with Gasteiger partial charge in [0.2, 0.25) is 0 Å². The first kappa shape index (κ1) is 18.4. The predicted molar refractivity (Wildman–Crippen MR) is 87.0 cm³/mol. The normalized spacial score (nSPS) is 14.0. The topological polar surface area (TPSA) is 128 Å². The van der Waals surface area contributed by atoms with Crippen LogP contribution in [0.1, 0.15) is 41.6 Å². The second-order valence-electron chi connectivity index (χ2n) is 5.81. The van der Waals surface area contributed by atoms with Crippen molar-refractivity contribution in [3.8, 4) is 0 Å². The molecule has 1 aliphatic rings. The number of nitro benzene ring substituents is 1. The Bertz CT molecular complexity index is 697. The van der Waals surface area contributed by atoms with Crippen LogP contribution in [0.5, 0.6) is 0 Å². The second-order valence-corrected chi connectivity index (χ2v) is 5.81. The van der Waals surface area contributed by atoms with Crippen molar-refractivity contribution in [2.45, 2.75) is 38.6 Å². The van der Waals surface area contributed by atoms with Crippen LogP contribution in [0.15, 0.2) is 18.2 Å². The van der Waals surface area contributed by atoms with Crippen molar-refractivity contribution in [2.24, 2.45) is 0 Å². The number of carbonyl (C=O) groups is 3. The number of hydrogen-bond acceptors (Lipinski definition) is 6. The average molecular weight is 349 g/mol. The lowest BCUT2D eigenvalue weighted by atomic mass is 10.1. The van der Waals surface area contributed by atoms with E-state index in [2.05, 4.69) is 10.6 Å². The summed E-state index contributed by atoms with van der Waals surface area (Å²) in [5.74, 6) is -1.80. The van der Waals surface area contributed by atoms with Crippen molar-refractivity contribution in [3.63, 3.8) is 0 Å². The van der Waals surface area contributed by atoms with Gasteiger partial charge in [-0.05, 0) is 25.8 Å². The maximum absolute atomic E-state index is 12.0. The smallest absolute Gasteiger partial charge is 0.345 e. The molecule has 9 heteroatoms. The lowest BCUT2D eigenvalue weighted by Crippen LogP contribution is -2.45. The number of nitro groups is 1. The minimum atomic E-state index is -0.998. The van der Waals surface area contributed by atoms with Crippen LogP contribution in [-0.4, -0.2) is 35.5 Å². The molecule has 134 valence electrons. The number of esters is 1. The second kappa shape index (κ2) is 8.22. The Morgan fingerprint density at radius 2 is 1.96 bits per heavy atom. The monoisotopic (exact) mass is 349 g/mol. The summed E-state index contributed by atoms with van der Waals surface area (Å²) in [6, 6.07) is 3.63. The van der Waals surface area contributed by atoms with Crippen LogP contribution in [0.4, 0.5) is 10.5 Å². The Balaban J connectivity index is 1.87. The van der Waals surface area contributed by atoms with E-state index in [0.717, 1.165) is 25.7 Å². The molecular formula is C16H19N3O6. The standard InChI is InChI=1S/C16H19N3O6/c1-10-5-4-8-12(14(10)19(23)24)15(21)25-9-13(20)18-16(22)17-11-6-2-3-7-11/h4-5,8,11H,2-3,6-7,9H2,1H3,(H2,17,18,20,22). The molecule has 0 aromatic heterocycles. The van der Waals surface area contributed by atoms with Gasteiger partial charge in [-0.1, -0.05) is 25.0 Å². The summed E-state index contributed by atoms with van der Waals surface area (Å²) in [6.07, 6.45) is 3.80. The molecule has 0 radical (unpaired) electrons. The van der Waals surface area contributed by atoms with Gasteiger partial charge >= 0.3 is 12.0 Å². The molecule has 25 heavy (non-hydrogen) atoms. The van der Waals surface area contributed by atoms with Crippen LogP contribution in [0.25, 0.3) is 0 Å². The molecule has 0 heterocycles. The van der Waals surface area contributed by atoms with E-state index < -0.39 is 29.4 Å². The number of rotatable bonds is 5. The molecule has 9 nitrogen and oxygen atoms in total. The Labute approximate surface area is 143 Å². The van der Waals surface area contributed by atoms with Gasteiger partial charge in [0, 0.05) is 11.6 Å². The first-order chi connectivity index (χ1) is 11.9. The fourth-order valence-corrected chi connectivity index (χ4v) is 2.73. The highest BCUT2D eigenvalue weighted by atomic mass is 16.6. The van der Waals surface area contributed by atoms with Gasteiger partial charge in [0.1, 0.15) is 5.56 Å². The van der Waals surface area contributed by atoms with E-state index in [1.54, 1.807) is 0 Å². The van der Waals surface area contributed by atoms with Crippen molar-refractivity contribution < 1.29 is 24.0 Å². The lowest BCUT2D eigenvalue weighted by molar-refractivity contribution is -0.385. The molecule has 1 fully saturated rings. The van der Waals surface area contributed by atoms with Gasteiger partial charge in [-0.2, -0.15) is 0 Å². The van der Waals surface area contributed by atoms with E-state index in [-0.39, 0.29) is 17.3 Å². The number of imide groups is 1. The van der Waals surface area contributed by atoms with Crippen LogP contribution in [0.3, 0.4) is 0 Å². The molecule has 1 saturated carbocycles. The summed E-state index contributed by atoms with van der Waals surface area (Å²) >= 11 is 0. The maximum Gasteiger partial charge on any atom is 0.345 e. The van der Waals surface area contributed by atoms with Crippen LogP contribution in [0.2, 0.25) is 0 Å². The van der Waals surface area contributed by atoms with Crippen molar-refractivity contribution in [1.82, 2.24) is 10.6 Å². The third kappa shape index (κ3) is 5.00. The van der Waals surface area contributed by atoms with Gasteiger partial charge in [-0.3, -0.25) is 20.2 Å². The van der Waals surface area contributed by atoms with Crippen molar-refractivity contribution >= 4 is 23.6 Å². The first-order valence-corrected chi connectivity index (χ1v) is 7.90. The summed E-state index contributed by atoms with van der Waals surface area (Å²) in [7, 11) is 0. The average Bonchev–Trinajstić information content (AvgIpc) is 3.04. The summed E-state index contributed by atoms with van der Waals surface area (Å²) in [5.41, 5.74) is -0.306. The van der Waals surface area contributed by atoms with E-state index in [4.69, 9.17) is 4.74 Å². The lowest BCUT2D eigenvalue weighted by Gasteiger charge is -2.12. The number of amides is 3. The van der Waals surface area contributed by atoms with E-state index in [1.807, 2.05) is 0 Å². The first-order valence-electron chi connectivity index (χ1n) is 7.90. The summed E-state index contributed by atoms with van der Waals surface area (Å²) in [6.45, 7) is 0.789. The molecule has 0 atom stereocenters. The van der Waals surface area contributed by atoms with Gasteiger partial charge in [-0.25, -0.2) is 9.59 Å². The van der Waals surface area contributed by atoms with Crippen LogP contribution < -0.4 is 10.6 Å². The minimum absolute atomic E-state index is 0.0466. The van der Waals surface area contributed by atoms with Gasteiger partial charge in [-0.15, -0.1) is 0 Å². The molecule has 1 aliphatic carbocycles. The number of hydrogen-bond donors (Lipinski definition) is 2. The zero-order chi connectivity index (χ0) is 18.4. The number of aryl methyl sites for hydroxylation is 1. The largest absolute Gasteiger partial charge is 0.452 e. The zero-order valence-electron chi connectivity index (χ0n) is 13.7. The highest BCUT2D eigenvalue weighted by Crippen LogP contribution is 2.23. The summed E-state index contributed by atoms with van der Waals surface area (Å²) in [5, 5.41) is 15.8. The number of ether oxygens (including phenoxy) is 1. The quantitative estimate of drug-likeness (QED) is 0.474. The van der Waals surface area contributed by atoms with Gasteiger partial charge in [0.05, 0.1) is 4.92 Å². The molecule has 2 rings (SSSR count). The Morgan fingerprint density at radius 3 is 2.60 bits per heavy atom. The fraction of sp³-hybridized carbons (Fsp3) is 0.438. The molecule has 1 aromatic carbocycles. The number of para-hydroxylation sites is 1. The number of carbonyl (C=O) groups excluding carboxylic acids is 3. The molecule has 0 unspecified atom stereocenters. The molecule has 3 amide bonds. The fourth-order valence-electron chi connectivity index (χ4n) is 2.73. The molecular weight excluding hydrogens is 330 g/mol. The minimum Gasteiger partial charge on any atom is -0.452 e. The van der Waals surface area contributed by atoms with E-state index in [9.17, 15) is 24.5 Å². The van der Waals surface area contributed by atoms with Crippen LogP contribution in [-0.2, 0) is 9.53 Å². The number of nitrogens with one attached hydrogen (secondary N) is 2. The summed E-state index contributed by atoms with van der Waals surface area (Å²) < 4.78 is 4.77. The Kier molecular flexibility index (Phi) is 6.04. The predicted octanol–water partition coefficient (Wildman–Crippen LogP) is 1.83. The maximum atomic E-state index is 12.0. The van der Waals surface area contributed by atoms with E-state index in [0.29, 0.717) is 5.56 Å². The third-order valence-electron chi connectivity index (χ3n) is 3.92. The molecule has 1 aromatic rings. The van der Waals surface area contributed by atoms with E-state index >= 15 is 0 Å². The number of nitrogens with zero attached hydrogens (tertiary/aromatic N) is 1.